The van der Waals surface area contributed by atoms with E-state index in [1.54, 1.807) is 0 Å². The molecular weight excluding hydrogens is 400 g/mol. The summed E-state index contributed by atoms with van der Waals surface area (Å²) in [4.78, 5) is 0. The van der Waals surface area contributed by atoms with Crippen molar-refractivity contribution in [3.05, 3.63) is 0 Å². The van der Waals surface area contributed by atoms with Gasteiger partial charge in [0.25, 0.3) is 20.2 Å². The van der Waals surface area contributed by atoms with Crippen LogP contribution in [-0.4, -0.2) is 36.4 Å². The van der Waals surface area contributed by atoms with Crippen molar-refractivity contribution in [1.82, 2.24) is 0 Å². The number of rotatable bonds is 17. The second kappa shape index (κ2) is 13.2. The van der Waals surface area contributed by atoms with E-state index in [1.165, 1.54) is 0 Å². The third-order valence-corrected chi connectivity index (χ3v) is 8.86. The molecule has 0 radical (unpaired) electrons. The maximum Gasteiger partial charge on any atom is 0.272 e. The summed E-state index contributed by atoms with van der Waals surface area (Å²) in [5, 5.41) is 0. The van der Waals surface area contributed by atoms with E-state index in [1.807, 2.05) is 13.8 Å². The van der Waals surface area contributed by atoms with Crippen LogP contribution in [0.3, 0.4) is 0 Å². The zero-order valence-electron chi connectivity index (χ0n) is 18.2. The Kier molecular flexibility index (Phi) is 13.1. The van der Waals surface area contributed by atoms with Crippen molar-refractivity contribution in [1.29, 1.82) is 0 Å². The molecular formula is C20H42O6S2. The summed E-state index contributed by atoms with van der Waals surface area (Å²) in [7, 11) is -9.29. The van der Waals surface area contributed by atoms with Gasteiger partial charge in [-0.15, -0.1) is 0 Å². The Morgan fingerprint density at radius 2 is 1.07 bits per heavy atom. The first-order valence-electron chi connectivity index (χ1n) is 10.9. The van der Waals surface area contributed by atoms with Crippen molar-refractivity contribution >= 4 is 20.2 Å². The SMILES string of the molecule is CCCCCCC(CC)C(CS(=O)(=O)O)(C(CC)CCCCCC)S(=O)(=O)O. The Balaban J connectivity index is 6.03. The Labute approximate surface area is 173 Å². The fraction of sp³-hybridized carbons (Fsp3) is 1.00. The van der Waals surface area contributed by atoms with Gasteiger partial charge in [0.05, 0.1) is 5.75 Å². The average Bonchev–Trinajstić information content (AvgIpc) is 2.58. The monoisotopic (exact) mass is 442 g/mol. The fourth-order valence-corrected chi connectivity index (χ4v) is 8.07. The van der Waals surface area contributed by atoms with E-state index >= 15 is 0 Å². The normalized spacial score (nSPS) is 17.2. The molecule has 6 nitrogen and oxygen atoms in total. The third kappa shape index (κ3) is 8.67. The van der Waals surface area contributed by atoms with Crippen LogP contribution in [0.5, 0.6) is 0 Å². The lowest BCUT2D eigenvalue weighted by atomic mass is 9.74. The van der Waals surface area contributed by atoms with Gasteiger partial charge in [0.15, 0.2) is 0 Å². The highest BCUT2D eigenvalue weighted by atomic mass is 32.2. The van der Waals surface area contributed by atoms with Crippen molar-refractivity contribution in [3.63, 3.8) is 0 Å². The molecule has 0 saturated carbocycles. The van der Waals surface area contributed by atoms with E-state index in [0.29, 0.717) is 25.7 Å². The number of unbranched alkanes of at least 4 members (excludes halogenated alkanes) is 6. The molecule has 0 fully saturated rings. The summed E-state index contributed by atoms with van der Waals surface area (Å²) in [6.07, 6.45) is 9.50. The van der Waals surface area contributed by atoms with Crippen LogP contribution >= 0.6 is 0 Å². The molecule has 0 bridgehead atoms. The van der Waals surface area contributed by atoms with E-state index in [2.05, 4.69) is 13.8 Å². The van der Waals surface area contributed by atoms with Gasteiger partial charge in [-0.2, -0.15) is 16.8 Å². The van der Waals surface area contributed by atoms with Gasteiger partial charge < -0.3 is 0 Å². The maximum absolute atomic E-state index is 12.7. The van der Waals surface area contributed by atoms with Gasteiger partial charge in [0.2, 0.25) is 0 Å². The molecule has 0 aliphatic rings. The van der Waals surface area contributed by atoms with Crippen LogP contribution in [0.2, 0.25) is 0 Å². The van der Waals surface area contributed by atoms with Crippen LogP contribution in [0.1, 0.15) is 105 Å². The standard InChI is InChI=1S/C20H42O6S2/c1-5-9-11-13-15-18(7-3)20(28(24,25)26,17-27(21,22)23)19(8-4)16-14-12-10-6-2/h18-19H,5-17H2,1-4H3,(H,21,22,23)(H,24,25,26). The van der Waals surface area contributed by atoms with E-state index in [0.717, 1.165) is 51.4 Å². The summed E-state index contributed by atoms with van der Waals surface area (Å²) < 4.78 is 67.2. The third-order valence-electron chi connectivity index (χ3n) is 6.07. The quantitative estimate of drug-likeness (QED) is 0.227. The van der Waals surface area contributed by atoms with Crippen molar-refractivity contribution in [2.24, 2.45) is 11.8 Å². The highest BCUT2D eigenvalue weighted by Crippen LogP contribution is 2.44. The summed E-state index contributed by atoms with van der Waals surface area (Å²) in [5.74, 6) is -1.97. The molecule has 8 heteroatoms. The Bertz CT molecular complexity index is 593. The largest absolute Gasteiger partial charge is 0.285 e. The molecule has 2 unspecified atom stereocenters. The lowest BCUT2D eigenvalue weighted by molar-refractivity contribution is 0.211. The van der Waals surface area contributed by atoms with Gasteiger partial charge in [0.1, 0.15) is 4.75 Å². The van der Waals surface area contributed by atoms with Gasteiger partial charge in [-0.3, -0.25) is 9.11 Å². The molecule has 2 atom stereocenters. The van der Waals surface area contributed by atoms with E-state index < -0.39 is 42.6 Å². The molecule has 0 rings (SSSR count). The Morgan fingerprint density at radius 3 is 1.32 bits per heavy atom. The van der Waals surface area contributed by atoms with Gasteiger partial charge >= 0.3 is 0 Å². The summed E-state index contributed by atoms with van der Waals surface area (Å²) in [6.45, 7) is 7.83. The van der Waals surface area contributed by atoms with Crippen molar-refractivity contribution in [3.8, 4) is 0 Å². The Morgan fingerprint density at radius 1 is 0.679 bits per heavy atom. The first-order valence-corrected chi connectivity index (χ1v) is 14.0. The average molecular weight is 443 g/mol. The minimum atomic E-state index is -4.71. The zero-order chi connectivity index (χ0) is 21.8. The lowest BCUT2D eigenvalue weighted by Gasteiger charge is -2.43. The molecule has 0 aromatic carbocycles. The lowest BCUT2D eigenvalue weighted by Crippen LogP contribution is -2.56. The van der Waals surface area contributed by atoms with E-state index in [9.17, 15) is 25.9 Å². The molecule has 0 heterocycles. The first-order chi connectivity index (χ1) is 13.0. The second-order valence-electron chi connectivity index (χ2n) is 8.07. The predicted molar refractivity (Wildman–Crippen MR) is 116 cm³/mol. The number of hydrogen-bond acceptors (Lipinski definition) is 4. The van der Waals surface area contributed by atoms with Crippen molar-refractivity contribution in [2.45, 2.75) is 109 Å². The first kappa shape index (κ1) is 27.8. The zero-order valence-corrected chi connectivity index (χ0v) is 19.8. The highest BCUT2D eigenvalue weighted by Gasteiger charge is 2.55. The maximum atomic E-state index is 12.7. The van der Waals surface area contributed by atoms with Gasteiger partial charge in [0, 0.05) is 0 Å². The smallest absolute Gasteiger partial charge is 0.272 e. The van der Waals surface area contributed by atoms with Crippen LogP contribution in [0.15, 0.2) is 0 Å². The summed E-state index contributed by atoms with van der Waals surface area (Å²) >= 11 is 0. The molecule has 28 heavy (non-hydrogen) atoms. The molecule has 0 saturated heterocycles. The molecule has 0 aliphatic heterocycles. The van der Waals surface area contributed by atoms with Gasteiger partial charge in [-0.05, 0) is 24.7 Å². The van der Waals surface area contributed by atoms with E-state index in [4.69, 9.17) is 0 Å². The van der Waals surface area contributed by atoms with Crippen LogP contribution in [0.4, 0.5) is 0 Å². The molecule has 0 aromatic heterocycles. The fourth-order valence-electron chi connectivity index (χ4n) is 4.57. The summed E-state index contributed by atoms with van der Waals surface area (Å²) in [5.41, 5.74) is 0. The van der Waals surface area contributed by atoms with Gasteiger partial charge in [-0.1, -0.05) is 91.9 Å². The second-order valence-corrected chi connectivity index (χ2v) is 11.2. The Hall–Kier alpha value is -0.180. The van der Waals surface area contributed by atoms with E-state index in [-0.39, 0.29) is 0 Å². The van der Waals surface area contributed by atoms with Crippen LogP contribution in [-0.2, 0) is 20.2 Å². The van der Waals surface area contributed by atoms with Crippen molar-refractivity contribution in [2.75, 3.05) is 5.75 Å². The highest BCUT2D eigenvalue weighted by molar-refractivity contribution is 7.90. The predicted octanol–water partition coefficient (Wildman–Crippen LogP) is 5.49. The molecule has 0 amide bonds. The molecule has 0 spiro atoms. The topological polar surface area (TPSA) is 109 Å². The van der Waals surface area contributed by atoms with Gasteiger partial charge in [-0.25, -0.2) is 0 Å². The minimum Gasteiger partial charge on any atom is -0.285 e. The van der Waals surface area contributed by atoms with Crippen molar-refractivity contribution < 1.29 is 25.9 Å². The number of hydrogen-bond donors (Lipinski definition) is 2. The van der Waals surface area contributed by atoms with Crippen LogP contribution in [0, 0.1) is 11.8 Å². The van der Waals surface area contributed by atoms with Crippen LogP contribution in [0.25, 0.3) is 0 Å². The molecule has 0 aliphatic carbocycles. The molecule has 0 aromatic rings. The molecule has 2 N–H and O–H groups in total. The summed E-state index contributed by atoms with van der Waals surface area (Å²) in [6, 6.07) is 0. The minimum absolute atomic E-state index is 0.437. The van der Waals surface area contributed by atoms with Crippen LogP contribution < -0.4 is 0 Å². The molecule has 170 valence electrons.